The minimum Gasteiger partial charge on any atom is -0.445 e. The number of fused-ring (bicyclic) bond motifs is 2. The summed E-state index contributed by atoms with van der Waals surface area (Å²) in [5.74, 6) is 0.0213. The quantitative estimate of drug-likeness (QED) is 0.309. The predicted molar refractivity (Wildman–Crippen MR) is 185 cm³/mol. The van der Waals surface area contributed by atoms with E-state index in [0.717, 1.165) is 5.56 Å². The Kier molecular flexibility index (Phi) is 9.40. The number of rotatable bonds is 9. The molecule has 5 aliphatic rings. The summed E-state index contributed by atoms with van der Waals surface area (Å²) < 4.78 is 11.8. The maximum atomic E-state index is 14.2. The molecule has 7 rings (SSSR count). The van der Waals surface area contributed by atoms with Crippen LogP contribution in [0.5, 0.6) is 0 Å². The highest BCUT2D eigenvalue weighted by Gasteiger charge is 2.69. The minimum atomic E-state index is -0.574. The van der Waals surface area contributed by atoms with Crippen LogP contribution in [-0.2, 0) is 20.8 Å². The molecule has 1 spiro atoms. The largest absolute Gasteiger partial charge is 0.445 e. The maximum Gasteiger partial charge on any atom is 0.407 e. The number of hydrogen-bond acceptors (Lipinski definition) is 7. The van der Waals surface area contributed by atoms with Crippen LogP contribution in [0.3, 0.4) is 0 Å². The van der Waals surface area contributed by atoms with Gasteiger partial charge in [0.05, 0.1) is 12.6 Å². The summed E-state index contributed by atoms with van der Waals surface area (Å²) in [6, 6.07) is 19.7. The molecule has 3 saturated heterocycles. The summed E-state index contributed by atoms with van der Waals surface area (Å²) in [7, 11) is 1.80. The molecule has 6 atom stereocenters. The Morgan fingerprint density at radius 2 is 1.82 bits per heavy atom. The number of nitrogens with zero attached hydrogens (tertiary/aromatic N) is 4. The molecule has 256 valence electrons. The summed E-state index contributed by atoms with van der Waals surface area (Å²) in [6.45, 7) is 5.68. The Balaban J connectivity index is 1.25. The number of amides is 4. The fourth-order valence-corrected chi connectivity index (χ4v) is 8.30. The van der Waals surface area contributed by atoms with Crippen molar-refractivity contribution < 1.29 is 23.9 Å². The molecule has 3 fully saturated rings. The van der Waals surface area contributed by atoms with Gasteiger partial charge >= 0.3 is 12.1 Å². The topological polar surface area (TPSA) is 107 Å². The first-order valence-corrected chi connectivity index (χ1v) is 17.1. The highest BCUT2D eigenvalue weighted by Crippen LogP contribution is 2.53. The number of urea groups is 1. The molecule has 11 nitrogen and oxygen atoms in total. The zero-order chi connectivity index (χ0) is 34.0. The maximum absolute atomic E-state index is 14.2. The van der Waals surface area contributed by atoms with Crippen molar-refractivity contribution in [3.63, 3.8) is 0 Å². The highest BCUT2D eigenvalue weighted by atomic mass is 16.5. The minimum absolute atomic E-state index is 0.0357. The van der Waals surface area contributed by atoms with Crippen molar-refractivity contribution in [2.24, 2.45) is 0 Å². The van der Waals surface area contributed by atoms with Crippen molar-refractivity contribution in [3.05, 3.63) is 120 Å². The molecular weight excluding hydrogens is 620 g/mol. The molecule has 4 unspecified atom stereocenters. The van der Waals surface area contributed by atoms with E-state index in [9.17, 15) is 14.4 Å². The Hall–Kier alpha value is -4.71. The summed E-state index contributed by atoms with van der Waals surface area (Å²) in [5, 5.41) is 9.40. The summed E-state index contributed by atoms with van der Waals surface area (Å²) >= 11 is 0. The lowest BCUT2D eigenvalue weighted by atomic mass is 9.68. The Bertz CT molecular complexity index is 1650. The molecule has 3 bridgehead atoms. The number of nitrogens with one attached hydrogen (secondary N) is 2. The average Bonchev–Trinajstić information content (AvgIpc) is 3.19. The monoisotopic (exact) mass is 664 g/mol. The van der Waals surface area contributed by atoms with Gasteiger partial charge in [-0.3, -0.25) is 9.69 Å². The highest BCUT2D eigenvalue weighted by molar-refractivity contribution is 5.83. The Morgan fingerprint density at radius 1 is 1.04 bits per heavy atom. The fourth-order valence-electron chi connectivity index (χ4n) is 8.30. The molecule has 2 aromatic rings. The molecular formula is C38H44N6O5. The lowest BCUT2D eigenvalue weighted by Crippen LogP contribution is -2.88. The van der Waals surface area contributed by atoms with Crippen LogP contribution in [0.15, 0.2) is 109 Å². The van der Waals surface area contributed by atoms with E-state index in [2.05, 4.69) is 70.7 Å². The van der Waals surface area contributed by atoms with Crippen LogP contribution in [0.25, 0.3) is 0 Å². The van der Waals surface area contributed by atoms with E-state index < -0.39 is 17.8 Å². The Morgan fingerprint density at radius 3 is 2.59 bits per heavy atom. The van der Waals surface area contributed by atoms with Gasteiger partial charge in [-0.1, -0.05) is 97.6 Å². The van der Waals surface area contributed by atoms with Gasteiger partial charge in [-0.25, -0.2) is 19.6 Å². The van der Waals surface area contributed by atoms with E-state index in [4.69, 9.17) is 9.47 Å². The number of piperazine rings is 1. The van der Waals surface area contributed by atoms with Crippen LogP contribution in [0.2, 0.25) is 0 Å². The second-order valence-electron chi connectivity index (χ2n) is 13.2. The van der Waals surface area contributed by atoms with E-state index in [1.54, 1.807) is 17.1 Å². The molecule has 0 aromatic heterocycles. The van der Waals surface area contributed by atoms with Crippen molar-refractivity contribution in [2.45, 2.75) is 55.3 Å². The third-order valence-electron chi connectivity index (χ3n) is 10.4. The van der Waals surface area contributed by atoms with E-state index in [-0.39, 0.29) is 49.3 Å². The third kappa shape index (κ3) is 6.07. The molecule has 0 saturated carbocycles. The standard InChI is InChI=1S/C38H44N6O5/c1-3-21-48-37(47)39-20-12-18-31-38-32-19-11-10-17-29(22-33(38)49-32)30(28-15-8-5-9-16-28)24-42(38)25-34-43(31)35(45)26-41(2)44(34)36(46)40-23-27-13-6-4-7-14-27/h3-11,13-17,19,22,30-34H,1,12,18,20-21,23-26H2,2H3,(H,39,47)(H,40,46)/b17-10?,19-11-/t30?,31-,32?,33?,34-,38?/m0/s1. The second kappa shape index (κ2) is 14.0. The number of ether oxygens (including phenoxy) is 2. The molecule has 2 N–H and O–H groups in total. The van der Waals surface area contributed by atoms with E-state index in [0.29, 0.717) is 39.0 Å². The third-order valence-corrected chi connectivity index (χ3v) is 10.4. The first-order valence-electron chi connectivity index (χ1n) is 17.1. The number of benzene rings is 2. The molecule has 5 heterocycles. The molecule has 5 aliphatic heterocycles. The molecule has 11 heteroatoms. The fraction of sp³-hybridized carbons (Fsp3) is 0.395. The van der Waals surface area contributed by atoms with E-state index in [1.165, 1.54) is 17.2 Å². The van der Waals surface area contributed by atoms with Crippen LogP contribution in [0.4, 0.5) is 9.59 Å². The van der Waals surface area contributed by atoms with Gasteiger partial charge in [-0.15, -0.1) is 0 Å². The SMILES string of the molecule is C=CCOC(=O)NCCC[C@@H]1N2C(=O)CN(C)N(C(=O)NCc3ccccc3)[C@H]2CN2CC(c3ccccc3)C3=CC4OC(/C=C\C=C3)C412. The van der Waals surface area contributed by atoms with Gasteiger partial charge in [0.25, 0.3) is 0 Å². The number of carbonyl (C=O) groups excluding carboxylic acids is 3. The normalized spacial score (nSPS) is 29.5. The van der Waals surface area contributed by atoms with Gasteiger partial charge < -0.3 is 25.0 Å². The van der Waals surface area contributed by atoms with Gasteiger partial charge in [0.15, 0.2) is 0 Å². The van der Waals surface area contributed by atoms with E-state index in [1.807, 2.05) is 47.4 Å². The van der Waals surface area contributed by atoms with Gasteiger partial charge in [0.1, 0.15) is 30.5 Å². The van der Waals surface area contributed by atoms with Gasteiger partial charge in [-0.05, 0) is 35.6 Å². The lowest BCUT2D eigenvalue weighted by Gasteiger charge is -2.69. The molecule has 0 radical (unpaired) electrons. The zero-order valence-corrected chi connectivity index (χ0v) is 27.8. The van der Waals surface area contributed by atoms with Crippen molar-refractivity contribution in [2.75, 3.05) is 39.8 Å². The Labute approximate surface area is 287 Å². The predicted octanol–water partition coefficient (Wildman–Crippen LogP) is 3.95. The molecule has 0 aliphatic carbocycles. The number of hydrazine groups is 1. The van der Waals surface area contributed by atoms with Crippen molar-refractivity contribution in [1.82, 2.24) is 30.5 Å². The number of carbonyl (C=O) groups is 3. The smallest absolute Gasteiger partial charge is 0.407 e. The van der Waals surface area contributed by atoms with Crippen LogP contribution < -0.4 is 10.6 Å². The first-order chi connectivity index (χ1) is 23.9. The first kappa shape index (κ1) is 32.8. The van der Waals surface area contributed by atoms with Gasteiger partial charge in [0.2, 0.25) is 5.91 Å². The number of likely N-dealkylation sites (N-methyl/N-ethyl adjacent to an activating group) is 1. The zero-order valence-electron chi connectivity index (χ0n) is 27.8. The van der Waals surface area contributed by atoms with Gasteiger partial charge in [0, 0.05) is 39.1 Å². The number of alkyl carbamates (subject to hydrolysis) is 1. The molecule has 4 amide bonds. The molecule has 2 aromatic carbocycles. The summed E-state index contributed by atoms with van der Waals surface area (Å²) in [4.78, 5) is 45.0. The van der Waals surface area contributed by atoms with Crippen molar-refractivity contribution >= 4 is 18.0 Å². The average molecular weight is 665 g/mol. The summed E-state index contributed by atoms with van der Waals surface area (Å²) in [6.07, 6.45) is 11.7. The van der Waals surface area contributed by atoms with Crippen LogP contribution in [-0.4, -0.2) is 108 Å². The number of allylic oxidation sites excluding steroid dienone is 3. The van der Waals surface area contributed by atoms with E-state index >= 15 is 0 Å². The second-order valence-corrected chi connectivity index (χ2v) is 13.2. The van der Waals surface area contributed by atoms with Crippen molar-refractivity contribution in [3.8, 4) is 0 Å². The van der Waals surface area contributed by atoms with Crippen LogP contribution >= 0.6 is 0 Å². The van der Waals surface area contributed by atoms with Crippen molar-refractivity contribution in [1.29, 1.82) is 0 Å². The lowest BCUT2D eigenvalue weighted by molar-refractivity contribution is -0.285. The summed E-state index contributed by atoms with van der Waals surface area (Å²) in [5.41, 5.74) is 2.78. The van der Waals surface area contributed by atoms with Crippen LogP contribution in [0.1, 0.15) is 29.9 Å². The van der Waals surface area contributed by atoms with Crippen LogP contribution in [0, 0.1) is 0 Å². The van der Waals surface area contributed by atoms with Gasteiger partial charge in [-0.2, -0.15) is 0 Å². The molecule has 49 heavy (non-hydrogen) atoms. The number of hydrogen-bond donors (Lipinski definition) is 2.